The van der Waals surface area contributed by atoms with Gasteiger partial charge in [0.05, 0.1) is 18.2 Å². The fourth-order valence-electron chi connectivity index (χ4n) is 1.68. The molecular weight excluding hydrogens is 200 g/mol. The molecule has 0 aromatic carbocycles. The Bertz CT molecular complexity index is 422. The van der Waals surface area contributed by atoms with Crippen molar-refractivity contribution in [2.45, 2.75) is 13.0 Å². The van der Waals surface area contributed by atoms with Crippen LogP contribution in [0.2, 0.25) is 0 Å². The summed E-state index contributed by atoms with van der Waals surface area (Å²) in [6.45, 7) is 2.00. The lowest BCUT2D eigenvalue weighted by molar-refractivity contribution is 0.616. The van der Waals surface area contributed by atoms with E-state index in [1.54, 1.807) is 6.20 Å². The lowest BCUT2D eigenvalue weighted by atomic mass is 10.2. The van der Waals surface area contributed by atoms with Crippen molar-refractivity contribution >= 4 is 0 Å². The number of nitrogens with one attached hydrogen (secondary N) is 1. The highest BCUT2D eigenvalue weighted by atomic mass is 15.0. The third-order valence-corrected chi connectivity index (χ3v) is 2.50. The van der Waals surface area contributed by atoms with Gasteiger partial charge in [0.25, 0.3) is 0 Å². The average Bonchev–Trinajstić information content (AvgIpc) is 2.79. The zero-order chi connectivity index (χ0) is 11.2. The van der Waals surface area contributed by atoms with Crippen molar-refractivity contribution < 1.29 is 0 Å². The molecule has 0 spiro atoms. The number of aromatic nitrogens is 3. The second-order valence-electron chi connectivity index (χ2n) is 3.67. The summed E-state index contributed by atoms with van der Waals surface area (Å²) in [6, 6.07) is 4.00. The molecule has 2 rings (SSSR count). The van der Waals surface area contributed by atoms with Crippen LogP contribution in [0.25, 0.3) is 11.3 Å². The van der Waals surface area contributed by atoms with E-state index < -0.39 is 0 Å². The molecule has 0 aliphatic heterocycles. The monoisotopic (exact) mass is 216 g/mol. The highest BCUT2D eigenvalue weighted by Gasteiger charge is 2.03. The van der Waals surface area contributed by atoms with Crippen molar-refractivity contribution in [1.82, 2.24) is 19.9 Å². The number of pyridine rings is 1. The molecule has 16 heavy (non-hydrogen) atoms. The first kappa shape index (κ1) is 10.8. The van der Waals surface area contributed by atoms with Crippen molar-refractivity contribution in [3.63, 3.8) is 0 Å². The van der Waals surface area contributed by atoms with Gasteiger partial charge in [-0.2, -0.15) is 0 Å². The molecule has 0 bridgehead atoms. The smallest absolute Gasteiger partial charge is 0.0950 e. The molecule has 0 radical (unpaired) electrons. The summed E-state index contributed by atoms with van der Waals surface area (Å²) < 4.78 is 2.16. The van der Waals surface area contributed by atoms with Crippen LogP contribution in [0.5, 0.6) is 0 Å². The molecule has 2 aromatic heterocycles. The minimum absolute atomic E-state index is 0.977. The van der Waals surface area contributed by atoms with Gasteiger partial charge in [-0.1, -0.05) is 0 Å². The summed E-state index contributed by atoms with van der Waals surface area (Å²) in [4.78, 5) is 8.32. The van der Waals surface area contributed by atoms with Crippen LogP contribution < -0.4 is 5.32 Å². The zero-order valence-corrected chi connectivity index (χ0v) is 9.43. The Kier molecular flexibility index (Phi) is 3.66. The van der Waals surface area contributed by atoms with Gasteiger partial charge in [0, 0.05) is 24.5 Å². The predicted molar refractivity (Wildman–Crippen MR) is 64.0 cm³/mol. The summed E-state index contributed by atoms with van der Waals surface area (Å²) >= 11 is 0. The Morgan fingerprint density at radius 2 is 2.25 bits per heavy atom. The van der Waals surface area contributed by atoms with Crippen LogP contribution in [0.3, 0.4) is 0 Å². The minimum Gasteiger partial charge on any atom is -0.331 e. The van der Waals surface area contributed by atoms with Crippen molar-refractivity contribution in [3.8, 4) is 11.3 Å². The Hall–Kier alpha value is -1.68. The quantitative estimate of drug-likeness (QED) is 0.771. The fraction of sp³-hybridized carbons (Fsp3) is 0.333. The van der Waals surface area contributed by atoms with Gasteiger partial charge in [0.15, 0.2) is 0 Å². The topological polar surface area (TPSA) is 42.7 Å². The molecule has 0 saturated carbocycles. The number of imidazole rings is 1. The average molecular weight is 216 g/mol. The molecular formula is C12H16N4. The molecule has 4 nitrogen and oxygen atoms in total. The highest BCUT2D eigenvalue weighted by Crippen LogP contribution is 2.17. The molecule has 0 aliphatic carbocycles. The standard InChI is InChI=1S/C12H16N4/c1-13-5-3-7-16-10-15-9-12(16)11-4-2-6-14-8-11/h2,4,6,8-10,13H,3,5,7H2,1H3. The van der Waals surface area contributed by atoms with Crippen molar-refractivity contribution in [1.29, 1.82) is 0 Å². The van der Waals surface area contributed by atoms with Gasteiger partial charge in [0.2, 0.25) is 0 Å². The number of hydrogen-bond acceptors (Lipinski definition) is 3. The molecule has 0 aliphatic rings. The molecule has 0 saturated heterocycles. The maximum Gasteiger partial charge on any atom is 0.0950 e. The van der Waals surface area contributed by atoms with E-state index in [-0.39, 0.29) is 0 Å². The molecule has 0 atom stereocenters. The Labute approximate surface area is 95.4 Å². The van der Waals surface area contributed by atoms with E-state index >= 15 is 0 Å². The van der Waals surface area contributed by atoms with Gasteiger partial charge in [-0.05, 0) is 32.1 Å². The maximum atomic E-state index is 4.19. The number of aryl methyl sites for hydroxylation is 1. The second-order valence-corrected chi connectivity index (χ2v) is 3.67. The summed E-state index contributed by atoms with van der Waals surface area (Å²) in [7, 11) is 1.97. The van der Waals surface area contributed by atoms with Gasteiger partial charge in [0.1, 0.15) is 0 Å². The van der Waals surface area contributed by atoms with Gasteiger partial charge in [-0.15, -0.1) is 0 Å². The minimum atomic E-state index is 0.977. The summed E-state index contributed by atoms with van der Waals surface area (Å²) in [5, 5.41) is 3.14. The van der Waals surface area contributed by atoms with Crippen LogP contribution >= 0.6 is 0 Å². The van der Waals surface area contributed by atoms with Crippen LogP contribution in [-0.4, -0.2) is 28.1 Å². The lowest BCUT2D eigenvalue weighted by Gasteiger charge is -2.07. The molecule has 2 heterocycles. The Morgan fingerprint density at radius 3 is 3.00 bits per heavy atom. The first-order valence-corrected chi connectivity index (χ1v) is 5.47. The lowest BCUT2D eigenvalue weighted by Crippen LogP contribution is -2.11. The summed E-state index contributed by atoms with van der Waals surface area (Å²) in [6.07, 6.45) is 8.51. The van der Waals surface area contributed by atoms with Crippen LogP contribution in [0.1, 0.15) is 6.42 Å². The first-order valence-electron chi connectivity index (χ1n) is 5.47. The van der Waals surface area contributed by atoms with Gasteiger partial charge in [-0.3, -0.25) is 4.98 Å². The number of rotatable bonds is 5. The van der Waals surface area contributed by atoms with Crippen molar-refractivity contribution in [3.05, 3.63) is 37.1 Å². The normalized spacial score (nSPS) is 10.6. The summed E-state index contributed by atoms with van der Waals surface area (Å²) in [5.74, 6) is 0. The molecule has 2 aromatic rings. The third kappa shape index (κ3) is 2.46. The van der Waals surface area contributed by atoms with Gasteiger partial charge >= 0.3 is 0 Å². The van der Waals surface area contributed by atoms with Crippen LogP contribution in [0.15, 0.2) is 37.1 Å². The van der Waals surface area contributed by atoms with Gasteiger partial charge < -0.3 is 9.88 Å². The van der Waals surface area contributed by atoms with E-state index in [1.807, 2.05) is 31.8 Å². The molecule has 0 unspecified atom stereocenters. The third-order valence-electron chi connectivity index (χ3n) is 2.50. The Balaban J connectivity index is 2.13. The number of nitrogens with zero attached hydrogens (tertiary/aromatic N) is 3. The first-order chi connectivity index (χ1) is 7.92. The molecule has 0 amide bonds. The SMILES string of the molecule is CNCCCn1cncc1-c1cccnc1. The molecule has 4 heteroatoms. The second kappa shape index (κ2) is 5.42. The zero-order valence-electron chi connectivity index (χ0n) is 9.43. The fourth-order valence-corrected chi connectivity index (χ4v) is 1.68. The largest absolute Gasteiger partial charge is 0.331 e. The van der Waals surface area contributed by atoms with E-state index in [2.05, 4.69) is 25.9 Å². The van der Waals surface area contributed by atoms with E-state index in [0.29, 0.717) is 0 Å². The van der Waals surface area contributed by atoms with Gasteiger partial charge in [-0.25, -0.2) is 4.98 Å². The van der Waals surface area contributed by atoms with Crippen LogP contribution in [0, 0.1) is 0 Å². The van der Waals surface area contributed by atoms with E-state index in [0.717, 1.165) is 30.8 Å². The van der Waals surface area contributed by atoms with E-state index in [9.17, 15) is 0 Å². The van der Waals surface area contributed by atoms with E-state index in [1.165, 1.54) is 0 Å². The highest BCUT2D eigenvalue weighted by molar-refractivity contribution is 5.57. The van der Waals surface area contributed by atoms with Crippen molar-refractivity contribution in [2.75, 3.05) is 13.6 Å². The predicted octanol–water partition coefficient (Wildman–Crippen LogP) is 1.55. The van der Waals surface area contributed by atoms with Crippen LogP contribution in [0.4, 0.5) is 0 Å². The van der Waals surface area contributed by atoms with Crippen molar-refractivity contribution in [2.24, 2.45) is 0 Å². The van der Waals surface area contributed by atoms with Crippen LogP contribution in [-0.2, 0) is 6.54 Å². The molecule has 1 N–H and O–H groups in total. The molecule has 84 valence electrons. The Morgan fingerprint density at radius 1 is 1.31 bits per heavy atom. The molecule has 0 fully saturated rings. The number of hydrogen-bond donors (Lipinski definition) is 1. The van der Waals surface area contributed by atoms with E-state index in [4.69, 9.17) is 0 Å². The maximum absolute atomic E-state index is 4.19. The summed E-state index contributed by atoms with van der Waals surface area (Å²) in [5.41, 5.74) is 2.24.